The Morgan fingerprint density at radius 2 is 0.593 bits per heavy atom. The zero-order chi connectivity index (χ0) is 38.9. The molecule has 0 aliphatic carbocycles. The maximum absolute atomic E-state index is 12.5. The van der Waals surface area contributed by atoms with Gasteiger partial charge in [-0.05, 0) is 72.2 Å². The molecule has 2 aromatic carbocycles. The van der Waals surface area contributed by atoms with Crippen molar-refractivity contribution in [1.29, 1.82) is 0 Å². The zero-order valence-electron chi connectivity index (χ0n) is 35.5. The van der Waals surface area contributed by atoms with E-state index in [0.29, 0.717) is 24.3 Å². The normalized spacial score (nSPS) is 11.8. The quantitative estimate of drug-likeness (QED) is 0.0310. The van der Waals surface area contributed by atoms with Crippen LogP contribution in [-0.2, 0) is 9.59 Å². The second kappa shape index (κ2) is 32.4. The van der Waals surface area contributed by atoms with Crippen molar-refractivity contribution >= 4 is 23.1 Å². The van der Waals surface area contributed by atoms with Gasteiger partial charge >= 0.3 is 11.9 Å². The van der Waals surface area contributed by atoms with Crippen LogP contribution >= 0.6 is 0 Å². The van der Waals surface area contributed by atoms with E-state index >= 15 is 0 Å². The van der Waals surface area contributed by atoms with Gasteiger partial charge in [-0.3, -0.25) is 9.59 Å². The Kier molecular flexibility index (Phi) is 28.3. The van der Waals surface area contributed by atoms with Crippen LogP contribution in [0.3, 0.4) is 0 Å². The molecule has 0 aliphatic rings. The summed E-state index contributed by atoms with van der Waals surface area (Å²) >= 11 is 0. The third-order valence-electron chi connectivity index (χ3n) is 10.9. The Labute approximate surface area is 332 Å². The van der Waals surface area contributed by atoms with Crippen LogP contribution in [-0.4, -0.2) is 11.9 Å². The topological polar surface area (TPSA) is 52.6 Å². The molecule has 0 aromatic heterocycles. The zero-order valence-corrected chi connectivity index (χ0v) is 35.5. The number of rotatable bonds is 34. The van der Waals surface area contributed by atoms with Gasteiger partial charge in [0.15, 0.2) is 0 Å². The number of hydrogen-bond donors (Lipinski definition) is 0. The van der Waals surface area contributed by atoms with E-state index < -0.39 is 0 Å². The molecule has 54 heavy (non-hydrogen) atoms. The minimum atomic E-state index is -0.142. The molecular formula is C50H80O4. The van der Waals surface area contributed by atoms with Crippen LogP contribution in [0.1, 0.15) is 231 Å². The lowest BCUT2D eigenvalue weighted by Crippen LogP contribution is -2.07. The van der Waals surface area contributed by atoms with Crippen LogP contribution in [0.5, 0.6) is 11.5 Å². The number of allylic oxidation sites excluding steroid dienone is 2. The third kappa shape index (κ3) is 22.5. The third-order valence-corrected chi connectivity index (χ3v) is 10.9. The molecule has 0 heterocycles. The van der Waals surface area contributed by atoms with E-state index in [0.717, 1.165) is 49.7 Å². The average Bonchev–Trinajstić information content (AvgIpc) is 3.18. The summed E-state index contributed by atoms with van der Waals surface area (Å²) < 4.78 is 11.4. The van der Waals surface area contributed by atoms with Crippen LogP contribution in [0.2, 0.25) is 0 Å². The second-order valence-corrected chi connectivity index (χ2v) is 15.6. The van der Waals surface area contributed by atoms with Gasteiger partial charge in [0.05, 0.1) is 0 Å². The second-order valence-electron chi connectivity index (χ2n) is 15.6. The van der Waals surface area contributed by atoms with Gasteiger partial charge in [-0.1, -0.05) is 206 Å². The van der Waals surface area contributed by atoms with Crippen LogP contribution in [0.25, 0.3) is 11.1 Å². The number of unbranched alkanes of at least 4 members (excludes halogenated alkanes) is 24. The van der Waals surface area contributed by atoms with E-state index in [1.165, 1.54) is 152 Å². The first-order chi connectivity index (χ1) is 26.5. The minimum absolute atomic E-state index is 0.142. The van der Waals surface area contributed by atoms with E-state index in [-0.39, 0.29) is 11.9 Å². The highest BCUT2D eigenvalue weighted by Gasteiger charge is 2.12. The van der Waals surface area contributed by atoms with E-state index in [1.807, 2.05) is 24.3 Å². The van der Waals surface area contributed by atoms with Crippen molar-refractivity contribution in [3.63, 3.8) is 0 Å². The van der Waals surface area contributed by atoms with Crippen molar-refractivity contribution in [2.45, 2.75) is 220 Å². The van der Waals surface area contributed by atoms with Crippen molar-refractivity contribution in [3.05, 3.63) is 59.7 Å². The number of benzene rings is 2. The number of esters is 2. The Morgan fingerprint density at radius 3 is 0.833 bits per heavy atom. The first kappa shape index (κ1) is 47.3. The van der Waals surface area contributed by atoms with Gasteiger partial charge in [0.2, 0.25) is 0 Å². The number of ether oxygens (including phenoxy) is 2. The van der Waals surface area contributed by atoms with Crippen molar-refractivity contribution in [1.82, 2.24) is 0 Å². The number of carbonyl (C=O) groups excluding carboxylic acids is 2. The maximum Gasteiger partial charge on any atom is 0.311 e. The molecule has 0 N–H and O–H groups in total. The highest BCUT2D eigenvalue weighted by molar-refractivity contribution is 5.91. The molecule has 0 unspecified atom stereocenters. The Morgan fingerprint density at radius 1 is 0.352 bits per heavy atom. The maximum atomic E-state index is 12.5. The first-order valence-electron chi connectivity index (χ1n) is 22.9. The van der Waals surface area contributed by atoms with E-state index in [9.17, 15) is 9.59 Å². The highest BCUT2D eigenvalue weighted by Crippen LogP contribution is 2.33. The van der Waals surface area contributed by atoms with Crippen molar-refractivity contribution in [2.75, 3.05) is 0 Å². The molecule has 0 bridgehead atoms. The molecule has 304 valence electrons. The fourth-order valence-corrected chi connectivity index (χ4v) is 7.57. The lowest BCUT2D eigenvalue weighted by molar-refractivity contribution is -0.135. The van der Waals surface area contributed by atoms with E-state index in [4.69, 9.17) is 9.47 Å². The summed E-state index contributed by atoms with van der Waals surface area (Å²) in [7, 11) is 0. The molecule has 0 aliphatic heterocycles. The fraction of sp³-hybridized carbons (Fsp3) is 0.680. The summed E-state index contributed by atoms with van der Waals surface area (Å²) in [6.07, 6.45) is 36.4. The van der Waals surface area contributed by atoms with Gasteiger partial charge in [0.25, 0.3) is 0 Å². The van der Waals surface area contributed by atoms with Crippen molar-refractivity contribution in [2.24, 2.45) is 0 Å². The van der Waals surface area contributed by atoms with Crippen LogP contribution in [0, 0.1) is 0 Å². The lowest BCUT2D eigenvalue weighted by Gasteiger charge is -2.15. The molecule has 0 saturated heterocycles. The van der Waals surface area contributed by atoms with E-state index in [1.54, 1.807) is 0 Å². The van der Waals surface area contributed by atoms with E-state index in [2.05, 4.69) is 52.0 Å². The van der Waals surface area contributed by atoms with Crippen molar-refractivity contribution in [3.8, 4) is 11.5 Å². The fourth-order valence-electron chi connectivity index (χ4n) is 7.57. The van der Waals surface area contributed by atoms with Gasteiger partial charge in [0, 0.05) is 12.8 Å². The Bertz CT molecular complexity index is 1140. The molecule has 2 aromatic rings. The van der Waals surface area contributed by atoms with Crippen LogP contribution in [0.4, 0.5) is 0 Å². The largest absolute Gasteiger partial charge is 0.427 e. The molecule has 0 fully saturated rings. The molecular weight excluding hydrogens is 665 g/mol. The lowest BCUT2D eigenvalue weighted by atomic mass is 9.91. The monoisotopic (exact) mass is 745 g/mol. The molecule has 0 saturated carbocycles. The van der Waals surface area contributed by atoms with Gasteiger partial charge < -0.3 is 9.47 Å². The van der Waals surface area contributed by atoms with Gasteiger partial charge in [0.1, 0.15) is 11.5 Å². The predicted octanol–water partition coefficient (Wildman–Crippen LogP) is 16.2. The number of hydrogen-bond acceptors (Lipinski definition) is 4. The van der Waals surface area contributed by atoms with Gasteiger partial charge in [-0.15, -0.1) is 0 Å². The van der Waals surface area contributed by atoms with Gasteiger partial charge in [-0.25, -0.2) is 0 Å². The molecule has 4 nitrogen and oxygen atoms in total. The SMILES string of the molecule is CCCCCCCCCCCCCCCC(=O)Oc1ccc(C(CC)=C(CC)c2ccc(OC(=O)CCCCCCCCCCCCCCC)cc2)cc1. The molecule has 0 atom stereocenters. The average molecular weight is 745 g/mol. The predicted molar refractivity (Wildman–Crippen MR) is 232 cm³/mol. The summed E-state index contributed by atoms with van der Waals surface area (Å²) in [4.78, 5) is 25.0. The summed E-state index contributed by atoms with van der Waals surface area (Å²) in [6.45, 7) is 8.91. The molecule has 0 spiro atoms. The summed E-state index contributed by atoms with van der Waals surface area (Å²) in [6, 6.07) is 15.9. The molecule has 0 radical (unpaired) electrons. The summed E-state index contributed by atoms with van der Waals surface area (Å²) in [5, 5.41) is 0. The number of carbonyl (C=O) groups is 2. The summed E-state index contributed by atoms with van der Waals surface area (Å²) in [5.41, 5.74) is 4.82. The highest BCUT2D eigenvalue weighted by atomic mass is 16.5. The Hall–Kier alpha value is -2.88. The molecule has 2 rings (SSSR count). The first-order valence-corrected chi connectivity index (χ1v) is 22.9. The smallest absolute Gasteiger partial charge is 0.311 e. The summed E-state index contributed by atoms with van der Waals surface area (Å²) in [5.74, 6) is 0.932. The van der Waals surface area contributed by atoms with Crippen LogP contribution < -0.4 is 9.47 Å². The van der Waals surface area contributed by atoms with Crippen molar-refractivity contribution < 1.29 is 19.1 Å². The standard InChI is InChI=1S/C50H80O4/c1-5-9-11-13-15-17-19-21-23-25-27-29-31-33-49(51)53-45-39-35-43(36-40-45)47(7-3)48(8-4)44-37-41-46(42-38-44)54-50(52)34-32-30-28-26-24-22-20-18-16-14-12-10-6-2/h35-42H,5-34H2,1-4H3. The van der Waals surface area contributed by atoms with Gasteiger partial charge in [-0.2, -0.15) is 0 Å². The minimum Gasteiger partial charge on any atom is -0.427 e. The molecule has 4 heteroatoms. The Balaban J connectivity index is 1.67. The molecule has 0 amide bonds. The van der Waals surface area contributed by atoms with Crippen LogP contribution in [0.15, 0.2) is 48.5 Å².